The van der Waals surface area contributed by atoms with Crippen LogP contribution in [0.3, 0.4) is 0 Å². The van der Waals surface area contributed by atoms with Crippen LogP contribution in [0.15, 0.2) is 18.2 Å². The average molecular weight is 372 g/mol. The van der Waals surface area contributed by atoms with Crippen molar-refractivity contribution in [2.24, 2.45) is 5.92 Å². The summed E-state index contributed by atoms with van der Waals surface area (Å²) < 4.78 is 0. The Balaban J connectivity index is 2.03. The molecule has 24 heavy (non-hydrogen) atoms. The fourth-order valence-electron chi connectivity index (χ4n) is 3.72. The van der Waals surface area contributed by atoms with Gasteiger partial charge < -0.3 is 10.4 Å². The standard InChI is InChI=1S/C19H27Cl2NO2/c1-3-19(4-2,14-7-10-16(20)17(21)11-14)12-22-15-8-5-13(6-9-15)18(23)24/h7,10-11,13,15,22H,3-6,8-9,12H2,1-2H3,(H,23,24). The Labute approximate surface area is 154 Å². The summed E-state index contributed by atoms with van der Waals surface area (Å²) in [5.74, 6) is -0.819. The molecule has 0 atom stereocenters. The molecule has 2 rings (SSSR count). The highest BCUT2D eigenvalue weighted by molar-refractivity contribution is 6.42. The van der Waals surface area contributed by atoms with Gasteiger partial charge in [-0.15, -0.1) is 0 Å². The number of carboxylic acids is 1. The first-order chi connectivity index (χ1) is 11.4. The van der Waals surface area contributed by atoms with Crippen LogP contribution < -0.4 is 5.32 Å². The Kier molecular flexibility index (Phi) is 6.97. The van der Waals surface area contributed by atoms with Crippen LogP contribution in [-0.2, 0) is 10.2 Å². The number of carboxylic acid groups (broad SMARTS) is 1. The second kappa shape index (κ2) is 8.55. The smallest absolute Gasteiger partial charge is 0.306 e. The largest absolute Gasteiger partial charge is 0.481 e. The van der Waals surface area contributed by atoms with Crippen LogP contribution in [0.1, 0.15) is 57.9 Å². The third-order valence-corrected chi connectivity index (χ3v) is 6.43. The molecule has 0 saturated heterocycles. The molecule has 1 aromatic rings. The summed E-state index contributed by atoms with van der Waals surface area (Å²) in [7, 11) is 0. The number of carbonyl (C=O) groups is 1. The van der Waals surface area contributed by atoms with Gasteiger partial charge in [-0.2, -0.15) is 0 Å². The predicted octanol–water partition coefficient (Wildman–Crippen LogP) is 5.28. The lowest BCUT2D eigenvalue weighted by Crippen LogP contribution is -2.43. The fourth-order valence-corrected chi connectivity index (χ4v) is 4.02. The van der Waals surface area contributed by atoms with Crippen molar-refractivity contribution in [2.45, 2.75) is 63.8 Å². The molecule has 0 aliphatic heterocycles. The number of rotatable bonds is 7. The number of benzene rings is 1. The van der Waals surface area contributed by atoms with Gasteiger partial charge in [-0.05, 0) is 56.2 Å². The van der Waals surface area contributed by atoms with Crippen LogP contribution in [0.5, 0.6) is 0 Å². The van der Waals surface area contributed by atoms with Gasteiger partial charge in [-0.3, -0.25) is 4.79 Å². The number of aliphatic carboxylic acids is 1. The molecule has 1 saturated carbocycles. The van der Waals surface area contributed by atoms with E-state index in [1.54, 1.807) is 0 Å². The summed E-state index contributed by atoms with van der Waals surface area (Å²) in [6.45, 7) is 5.28. The first-order valence-electron chi connectivity index (χ1n) is 8.83. The molecule has 134 valence electrons. The third-order valence-electron chi connectivity index (χ3n) is 5.69. The van der Waals surface area contributed by atoms with Crippen LogP contribution in [0.4, 0.5) is 0 Å². The zero-order chi connectivity index (χ0) is 17.7. The van der Waals surface area contributed by atoms with E-state index in [2.05, 4.69) is 25.2 Å². The first kappa shape index (κ1) is 19.6. The van der Waals surface area contributed by atoms with E-state index >= 15 is 0 Å². The molecule has 0 radical (unpaired) electrons. The minimum atomic E-state index is -0.652. The minimum absolute atomic E-state index is 0.0257. The van der Waals surface area contributed by atoms with Crippen LogP contribution in [0, 0.1) is 5.92 Å². The minimum Gasteiger partial charge on any atom is -0.481 e. The van der Waals surface area contributed by atoms with E-state index in [0.29, 0.717) is 16.1 Å². The Morgan fingerprint density at radius 3 is 2.29 bits per heavy atom. The zero-order valence-corrected chi connectivity index (χ0v) is 16.0. The summed E-state index contributed by atoms with van der Waals surface area (Å²) in [6.07, 6.45) is 5.43. The molecule has 1 aliphatic carbocycles. The molecule has 1 fully saturated rings. The predicted molar refractivity (Wildman–Crippen MR) is 100 cm³/mol. The van der Waals surface area contributed by atoms with Crippen LogP contribution in [-0.4, -0.2) is 23.7 Å². The highest BCUT2D eigenvalue weighted by Crippen LogP contribution is 2.35. The van der Waals surface area contributed by atoms with Crippen molar-refractivity contribution in [1.29, 1.82) is 0 Å². The van der Waals surface area contributed by atoms with Gasteiger partial charge in [0.1, 0.15) is 0 Å². The number of halogens is 2. The molecular formula is C19H27Cl2NO2. The molecule has 0 amide bonds. The normalized spacial score (nSPS) is 21.7. The van der Waals surface area contributed by atoms with Crippen molar-refractivity contribution < 1.29 is 9.90 Å². The molecule has 5 heteroatoms. The van der Waals surface area contributed by atoms with E-state index in [9.17, 15) is 4.79 Å². The molecule has 0 aromatic heterocycles. The van der Waals surface area contributed by atoms with Crippen LogP contribution in [0.25, 0.3) is 0 Å². The lowest BCUT2D eigenvalue weighted by Gasteiger charge is -2.36. The van der Waals surface area contributed by atoms with Gasteiger partial charge in [-0.1, -0.05) is 43.1 Å². The molecule has 3 nitrogen and oxygen atoms in total. The van der Waals surface area contributed by atoms with E-state index in [0.717, 1.165) is 45.1 Å². The fraction of sp³-hybridized carbons (Fsp3) is 0.632. The molecule has 0 heterocycles. The van der Waals surface area contributed by atoms with Gasteiger partial charge in [0.2, 0.25) is 0 Å². The summed E-state index contributed by atoms with van der Waals surface area (Å²) in [5.41, 5.74) is 1.24. The van der Waals surface area contributed by atoms with Crippen molar-refractivity contribution in [2.75, 3.05) is 6.54 Å². The maximum absolute atomic E-state index is 11.1. The van der Waals surface area contributed by atoms with Crippen LogP contribution in [0.2, 0.25) is 10.0 Å². The number of nitrogens with one attached hydrogen (secondary N) is 1. The maximum Gasteiger partial charge on any atom is 0.306 e. The second-order valence-corrected chi connectivity index (χ2v) is 7.70. The number of hydrogen-bond acceptors (Lipinski definition) is 2. The number of hydrogen-bond donors (Lipinski definition) is 2. The third kappa shape index (κ3) is 4.44. The Morgan fingerprint density at radius 1 is 1.17 bits per heavy atom. The van der Waals surface area contributed by atoms with Crippen molar-refractivity contribution in [3.63, 3.8) is 0 Å². The molecule has 1 aliphatic rings. The maximum atomic E-state index is 11.1. The highest BCUT2D eigenvalue weighted by atomic mass is 35.5. The van der Waals surface area contributed by atoms with Gasteiger partial charge in [0.05, 0.1) is 16.0 Å². The molecule has 2 N–H and O–H groups in total. The van der Waals surface area contributed by atoms with Gasteiger partial charge in [-0.25, -0.2) is 0 Å². The van der Waals surface area contributed by atoms with Gasteiger partial charge in [0.25, 0.3) is 0 Å². The Morgan fingerprint density at radius 2 is 1.79 bits per heavy atom. The average Bonchev–Trinajstić information content (AvgIpc) is 2.59. The van der Waals surface area contributed by atoms with Crippen LogP contribution >= 0.6 is 23.2 Å². The first-order valence-corrected chi connectivity index (χ1v) is 9.59. The molecule has 0 unspecified atom stereocenters. The quantitative estimate of drug-likeness (QED) is 0.684. The summed E-state index contributed by atoms with van der Waals surface area (Å²) in [5, 5.41) is 14.0. The monoisotopic (exact) mass is 371 g/mol. The van der Waals surface area contributed by atoms with Crippen molar-refractivity contribution >= 4 is 29.2 Å². The SMILES string of the molecule is CCC(CC)(CNC1CCC(C(=O)O)CC1)c1ccc(Cl)c(Cl)c1. The molecule has 0 bridgehead atoms. The van der Waals surface area contributed by atoms with E-state index in [-0.39, 0.29) is 11.3 Å². The van der Waals surface area contributed by atoms with E-state index in [4.69, 9.17) is 28.3 Å². The van der Waals surface area contributed by atoms with Gasteiger partial charge in [0, 0.05) is 18.0 Å². The molecular weight excluding hydrogens is 345 g/mol. The van der Waals surface area contributed by atoms with Gasteiger partial charge >= 0.3 is 5.97 Å². The summed E-state index contributed by atoms with van der Waals surface area (Å²) in [6, 6.07) is 6.34. The molecule has 1 aromatic carbocycles. The second-order valence-electron chi connectivity index (χ2n) is 6.88. The zero-order valence-electron chi connectivity index (χ0n) is 14.4. The summed E-state index contributed by atoms with van der Waals surface area (Å²) >= 11 is 12.3. The van der Waals surface area contributed by atoms with E-state index in [1.165, 1.54) is 5.56 Å². The topological polar surface area (TPSA) is 49.3 Å². The van der Waals surface area contributed by atoms with Crippen molar-refractivity contribution in [3.8, 4) is 0 Å². The lowest BCUT2D eigenvalue weighted by molar-refractivity contribution is -0.142. The highest BCUT2D eigenvalue weighted by Gasteiger charge is 2.31. The molecule has 0 spiro atoms. The summed E-state index contributed by atoms with van der Waals surface area (Å²) in [4.78, 5) is 11.1. The Bertz CT molecular complexity index is 564. The van der Waals surface area contributed by atoms with Crippen molar-refractivity contribution in [3.05, 3.63) is 33.8 Å². The lowest BCUT2D eigenvalue weighted by atomic mass is 9.75. The van der Waals surface area contributed by atoms with Gasteiger partial charge in [0.15, 0.2) is 0 Å². The van der Waals surface area contributed by atoms with E-state index < -0.39 is 5.97 Å². The van der Waals surface area contributed by atoms with E-state index in [1.807, 2.05) is 12.1 Å². The Hall–Kier alpha value is -0.770. The van der Waals surface area contributed by atoms with Crippen molar-refractivity contribution in [1.82, 2.24) is 5.32 Å².